The third kappa shape index (κ3) is 3.31. The molecule has 4 rings (SSSR count). The fourth-order valence-corrected chi connectivity index (χ4v) is 3.35. The molecule has 0 spiro atoms. The summed E-state index contributed by atoms with van der Waals surface area (Å²) in [4.78, 5) is 33.7. The van der Waals surface area contributed by atoms with Crippen molar-refractivity contribution in [2.45, 2.75) is 19.4 Å². The number of aromatic nitrogens is 2. The number of anilines is 1. The van der Waals surface area contributed by atoms with E-state index < -0.39 is 0 Å². The van der Waals surface area contributed by atoms with E-state index in [2.05, 4.69) is 20.2 Å². The topological polar surface area (TPSA) is 78.1 Å². The van der Waals surface area contributed by atoms with Crippen LogP contribution in [0.3, 0.4) is 0 Å². The largest absolute Gasteiger partial charge is 0.357 e. The number of benzene rings is 1. The molecule has 3 heterocycles. The lowest BCUT2D eigenvalue weighted by Gasteiger charge is -2.16. The predicted molar refractivity (Wildman–Crippen MR) is 101 cm³/mol. The Morgan fingerprint density at radius 1 is 1.15 bits per heavy atom. The molecule has 3 aromatic rings. The zero-order chi connectivity index (χ0) is 17.9. The first kappa shape index (κ1) is 16.3. The third-order valence-electron chi connectivity index (χ3n) is 4.72. The fraction of sp³-hybridized carbons (Fsp3) is 0.250. The molecule has 1 fully saturated rings. The van der Waals surface area contributed by atoms with Gasteiger partial charge in [0.25, 0.3) is 5.91 Å². The van der Waals surface area contributed by atoms with Gasteiger partial charge in [-0.15, -0.1) is 0 Å². The van der Waals surface area contributed by atoms with Crippen LogP contribution in [0.4, 0.5) is 5.82 Å². The highest BCUT2D eigenvalue weighted by atomic mass is 16.1. The normalized spacial score (nSPS) is 13.9. The summed E-state index contributed by atoms with van der Waals surface area (Å²) in [7, 11) is 0. The van der Waals surface area contributed by atoms with Crippen molar-refractivity contribution < 1.29 is 4.79 Å². The number of hydrogen-bond donors (Lipinski definition) is 2. The molecule has 6 nitrogen and oxygen atoms in total. The Morgan fingerprint density at radius 3 is 2.73 bits per heavy atom. The quantitative estimate of drug-likeness (QED) is 0.759. The molecule has 2 aromatic heterocycles. The summed E-state index contributed by atoms with van der Waals surface area (Å²) >= 11 is 0. The summed E-state index contributed by atoms with van der Waals surface area (Å²) in [6, 6.07) is 12.8. The summed E-state index contributed by atoms with van der Waals surface area (Å²) in [5.41, 5.74) is 1.90. The Labute approximate surface area is 150 Å². The number of carbonyl (C=O) groups is 1. The van der Waals surface area contributed by atoms with Gasteiger partial charge >= 0.3 is 0 Å². The van der Waals surface area contributed by atoms with E-state index in [-0.39, 0.29) is 18.0 Å². The van der Waals surface area contributed by atoms with Crippen molar-refractivity contribution in [3.8, 4) is 0 Å². The maximum absolute atomic E-state index is 12.4. The second-order valence-electron chi connectivity index (χ2n) is 6.49. The van der Waals surface area contributed by atoms with Crippen LogP contribution in [0.15, 0.2) is 53.5 Å². The molecule has 0 atom stereocenters. The lowest BCUT2D eigenvalue weighted by Crippen LogP contribution is -2.24. The maximum Gasteiger partial charge on any atom is 0.253 e. The summed E-state index contributed by atoms with van der Waals surface area (Å²) in [6.07, 6.45) is 3.99. The first-order chi connectivity index (χ1) is 12.7. The number of aromatic amines is 1. The van der Waals surface area contributed by atoms with E-state index in [1.54, 1.807) is 12.3 Å². The summed E-state index contributed by atoms with van der Waals surface area (Å²) < 4.78 is 0. The third-order valence-corrected chi connectivity index (χ3v) is 4.72. The van der Waals surface area contributed by atoms with Crippen LogP contribution in [0.2, 0.25) is 0 Å². The number of amides is 1. The van der Waals surface area contributed by atoms with Gasteiger partial charge in [-0.2, -0.15) is 0 Å². The summed E-state index contributed by atoms with van der Waals surface area (Å²) in [5.74, 6) is 0.717. The molecule has 1 aromatic carbocycles. The minimum atomic E-state index is -0.199. The van der Waals surface area contributed by atoms with E-state index in [1.807, 2.05) is 30.3 Å². The SMILES string of the molecule is O=C(NCc1cc(=O)[nH]c2ccccc12)c1ccc(N2CCCC2)nc1. The number of para-hydroxylation sites is 1. The van der Waals surface area contributed by atoms with Crippen LogP contribution < -0.4 is 15.8 Å². The summed E-state index contributed by atoms with van der Waals surface area (Å²) in [5, 5.41) is 3.80. The van der Waals surface area contributed by atoms with Gasteiger partial charge in [0.15, 0.2) is 0 Å². The molecule has 1 aliphatic heterocycles. The molecule has 0 unspecified atom stereocenters. The molecule has 2 N–H and O–H groups in total. The molecule has 26 heavy (non-hydrogen) atoms. The smallest absolute Gasteiger partial charge is 0.253 e. The van der Waals surface area contributed by atoms with E-state index in [0.29, 0.717) is 5.56 Å². The van der Waals surface area contributed by atoms with Crippen molar-refractivity contribution in [1.29, 1.82) is 0 Å². The molecular formula is C20H20N4O2. The number of nitrogens with zero attached hydrogens (tertiary/aromatic N) is 2. The molecule has 0 saturated carbocycles. The number of hydrogen-bond acceptors (Lipinski definition) is 4. The van der Waals surface area contributed by atoms with Crippen molar-refractivity contribution in [1.82, 2.24) is 15.3 Å². The molecule has 0 radical (unpaired) electrons. The highest BCUT2D eigenvalue weighted by Gasteiger charge is 2.14. The van der Waals surface area contributed by atoms with Crippen molar-refractivity contribution in [2.24, 2.45) is 0 Å². The lowest BCUT2D eigenvalue weighted by molar-refractivity contribution is 0.0950. The molecule has 0 bridgehead atoms. The predicted octanol–water partition coefficient (Wildman–Crippen LogP) is 2.45. The van der Waals surface area contributed by atoms with Crippen molar-refractivity contribution >= 4 is 22.6 Å². The van der Waals surface area contributed by atoms with Crippen LogP contribution >= 0.6 is 0 Å². The van der Waals surface area contributed by atoms with Crippen LogP contribution in [-0.4, -0.2) is 29.0 Å². The standard InChI is InChI=1S/C20H20N4O2/c25-19-11-15(16-5-1-2-6-17(16)23-19)13-22-20(26)14-7-8-18(21-12-14)24-9-3-4-10-24/h1-2,5-8,11-12H,3-4,9-10,13H2,(H,22,26)(H,23,25). The Morgan fingerprint density at radius 2 is 1.96 bits per heavy atom. The molecule has 6 heteroatoms. The van der Waals surface area contributed by atoms with E-state index in [4.69, 9.17) is 0 Å². The average molecular weight is 348 g/mol. The van der Waals surface area contributed by atoms with Crippen LogP contribution in [0, 0.1) is 0 Å². The van der Waals surface area contributed by atoms with Gasteiger partial charge in [-0.05, 0) is 36.6 Å². The first-order valence-electron chi connectivity index (χ1n) is 8.81. The summed E-state index contributed by atoms with van der Waals surface area (Å²) in [6.45, 7) is 2.33. The van der Waals surface area contributed by atoms with Gasteiger partial charge in [-0.25, -0.2) is 4.98 Å². The zero-order valence-corrected chi connectivity index (χ0v) is 14.4. The van der Waals surface area contributed by atoms with Gasteiger partial charge in [0.2, 0.25) is 5.56 Å². The Kier molecular flexibility index (Phi) is 4.39. The van der Waals surface area contributed by atoms with Gasteiger partial charge in [0.1, 0.15) is 5.82 Å². The molecular weight excluding hydrogens is 328 g/mol. The lowest BCUT2D eigenvalue weighted by atomic mass is 10.1. The number of carbonyl (C=O) groups excluding carboxylic acids is 1. The van der Waals surface area contributed by atoms with Crippen molar-refractivity contribution in [3.05, 3.63) is 70.1 Å². The number of H-pyrrole nitrogens is 1. The Balaban J connectivity index is 1.48. The molecule has 0 aliphatic carbocycles. The Bertz CT molecular complexity index is 989. The Hall–Kier alpha value is -3.15. The first-order valence-corrected chi connectivity index (χ1v) is 8.81. The van der Waals surface area contributed by atoms with Crippen LogP contribution in [0.5, 0.6) is 0 Å². The van der Waals surface area contributed by atoms with E-state index in [0.717, 1.165) is 35.4 Å². The monoisotopic (exact) mass is 348 g/mol. The van der Waals surface area contributed by atoms with E-state index in [1.165, 1.54) is 18.9 Å². The van der Waals surface area contributed by atoms with Crippen LogP contribution in [-0.2, 0) is 6.54 Å². The van der Waals surface area contributed by atoms with E-state index in [9.17, 15) is 9.59 Å². The number of rotatable bonds is 4. The van der Waals surface area contributed by atoms with Gasteiger partial charge in [-0.1, -0.05) is 18.2 Å². The van der Waals surface area contributed by atoms with Gasteiger partial charge in [-0.3, -0.25) is 9.59 Å². The number of pyridine rings is 2. The van der Waals surface area contributed by atoms with E-state index >= 15 is 0 Å². The minimum absolute atomic E-state index is 0.176. The fourth-order valence-electron chi connectivity index (χ4n) is 3.35. The second-order valence-corrected chi connectivity index (χ2v) is 6.49. The zero-order valence-electron chi connectivity index (χ0n) is 14.4. The van der Waals surface area contributed by atoms with Crippen molar-refractivity contribution in [3.63, 3.8) is 0 Å². The van der Waals surface area contributed by atoms with Crippen molar-refractivity contribution in [2.75, 3.05) is 18.0 Å². The second kappa shape index (κ2) is 7.00. The highest BCUT2D eigenvalue weighted by molar-refractivity contribution is 5.94. The molecule has 1 aliphatic rings. The van der Waals surface area contributed by atoms with Crippen LogP contribution in [0.1, 0.15) is 28.8 Å². The van der Waals surface area contributed by atoms with Gasteiger partial charge < -0.3 is 15.2 Å². The average Bonchev–Trinajstić information content (AvgIpc) is 3.20. The van der Waals surface area contributed by atoms with Gasteiger partial charge in [0, 0.05) is 42.8 Å². The van der Waals surface area contributed by atoms with Gasteiger partial charge in [0.05, 0.1) is 5.56 Å². The molecule has 1 amide bonds. The number of nitrogens with one attached hydrogen (secondary N) is 2. The maximum atomic E-state index is 12.4. The minimum Gasteiger partial charge on any atom is -0.357 e. The van der Waals surface area contributed by atoms with Crippen LogP contribution in [0.25, 0.3) is 10.9 Å². The molecule has 1 saturated heterocycles. The number of fused-ring (bicyclic) bond motifs is 1. The highest BCUT2D eigenvalue weighted by Crippen LogP contribution is 2.18. The molecule has 132 valence electrons.